The maximum Gasteiger partial charge on any atom is 0.418 e. The quantitative estimate of drug-likeness (QED) is 0.0871. The van der Waals surface area contributed by atoms with Crippen LogP contribution < -0.4 is 34.5 Å². The number of alkyl halides is 3. The van der Waals surface area contributed by atoms with E-state index in [4.69, 9.17) is 52.9 Å². The summed E-state index contributed by atoms with van der Waals surface area (Å²) in [4.78, 5) is 26.2. The monoisotopic (exact) mass is 928 g/mol. The highest BCUT2D eigenvalue weighted by Gasteiger charge is 2.41. The second-order valence-electron chi connectivity index (χ2n) is 15.3. The van der Waals surface area contributed by atoms with E-state index < -0.39 is 45.4 Å². The standard InChI is InChI=1S/C47H42Cl2F4N8O4/c1-25-20-34(60(23-28-8-14-32(63-4)15-9-28)24-29-10-16-33(64-5)17-11-29)57-41(37(25)47(51,52)53)35-38(48)43-36-42(39(35)50)58-46(49)59-45(36)61(18-19-65-43)26(2)40-44(54)55-22-30(56-40)21-27-6-12-31(62-3)13-7-27/h6-17,20,22,26H,18-19,21,23-24H2,1-5H3,(H2,54,55)/t26-/m1/s1. The Hall–Kier alpha value is -6.65. The molecule has 336 valence electrons. The number of benzene rings is 4. The fourth-order valence-corrected chi connectivity index (χ4v) is 8.42. The lowest BCUT2D eigenvalue weighted by Gasteiger charge is -2.29. The van der Waals surface area contributed by atoms with E-state index >= 15 is 17.6 Å². The molecule has 0 bridgehead atoms. The minimum atomic E-state index is -5.00. The molecule has 0 saturated heterocycles. The van der Waals surface area contributed by atoms with Gasteiger partial charge in [-0.3, -0.25) is 0 Å². The third kappa shape index (κ3) is 9.18. The van der Waals surface area contributed by atoms with Crippen molar-refractivity contribution in [2.75, 3.05) is 50.0 Å². The van der Waals surface area contributed by atoms with Gasteiger partial charge in [-0.2, -0.15) is 18.2 Å². The normalized spacial score (nSPS) is 13.0. The number of nitrogens with zero attached hydrogens (tertiary/aromatic N) is 7. The fourth-order valence-electron chi connectivity index (χ4n) is 7.93. The highest BCUT2D eigenvalue weighted by Crippen LogP contribution is 2.51. The number of hydrogen-bond acceptors (Lipinski definition) is 12. The van der Waals surface area contributed by atoms with E-state index in [1.807, 2.05) is 55.5 Å². The van der Waals surface area contributed by atoms with Gasteiger partial charge in [-0.1, -0.05) is 48.0 Å². The van der Waals surface area contributed by atoms with E-state index in [9.17, 15) is 0 Å². The topological polar surface area (TPSA) is 134 Å². The van der Waals surface area contributed by atoms with E-state index in [1.54, 1.807) is 61.6 Å². The molecule has 8 rings (SSSR count). The lowest BCUT2D eigenvalue weighted by Crippen LogP contribution is -2.32. The van der Waals surface area contributed by atoms with Crippen LogP contribution in [0.5, 0.6) is 23.0 Å². The molecule has 65 heavy (non-hydrogen) atoms. The summed E-state index contributed by atoms with van der Waals surface area (Å²) in [7, 11) is 4.69. The van der Waals surface area contributed by atoms with Gasteiger partial charge in [0.1, 0.15) is 52.5 Å². The molecule has 1 atom stereocenters. The Balaban J connectivity index is 1.25. The van der Waals surface area contributed by atoms with Gasteiger partial charge < -0.3 is 34.5 Å². The van der Waals surface area contributed by atoms with Crippen molar-refractivity contribution in [1.29, 1.82) is 0 Å². The summed E-state index contributed by atoms with van der Waals surface area (Å²) >= 11 is 13.6. The number of pyridine rings is 1. The van der Waals surface area contributed by atoms with E-state index in [1.165, 1.54) is 13.0 Å². The number of rotatable bonds is 13. The van der Waals surface area contributed by atoms with Crippen molar-refractivity contribution in [3.05, 3.63) is 140 Å². The summed E-state index contributed by atoms with van der Waals surface area (Å²) in [5.74, 6) is 0.989. The zero-order valence-corrected chi connectivity index (χ0v) is 37.3. The molecule has 3 aromatic heterocycles. The lowest BCUT2D eigenvalue weighted by molar-refractivity contribution is -0.137. The SMILES string of the molecule is COc1ccc(Cc2cnc(N)c([C@@H](C)N3CCOc4c(Cl)c(-c5nc(N(Cc6ccc(OC)cc6)Cc6ccc(OC)cc6)cc(C)c5C(F)(F)F)c(F)c5nc(Cl)nc3c45)n2)cc1. The number of nitrogens with two attached hydrogens (primary N) is 1. The molecule has 4 heterocycles. The van der Waals surface area contributed by atoms with Crippen LogP contribution in [0.15, 0.2) is 85.1 Å². The van der Waals surface area contributed by atoms with Gasteiger partial charge >= 0.3 is 6.18 Å². The van der Waals surface area contributed by atoms with Crippen LogP contribution in [0.2, 0.25) is 10.3 Å². The van der Waals surface area contributed by atoms with Crippen LogP contribution in [-0.4, -0.2) is 59.4 Å². The Labute approximate surface area is 381 Å². The van der Waals surface area contributed by atoms with Crippen molar-refractivity contribution >= 4 is 51.6 Å². The second kappa shape index (κ2) is 18.4. The first-order chi connectivity index (χ1) is 31.2. The first-order valence-electron chi connectivity index (χ1n) is 20.3. The van der Waals surface area contributed by atoms with Gasteiger partial charge in [0.15, 0.2) is 11.6 Å². The molecule has 0 aliphatic carbocycles. The van der Waals surface area contributed by atoms with Crippen LogP contribution in [0.25, 0.3) is 22.2 Å². The molecule has 1 aliphatic heterocycles. The number of anilines is 3. The molecular weight excluding hydrogens is 887 g/mol. The van der Waals surface area contributed by atoms with Crippen molar-refractivity contribution in [2.24, 2.45) is 0 Å². The van der Waals surface area contributed by atoms with Crippen LogP contribution >= 0.6 is 23.2 Å². The number of hydrogen-bond donors (Lipinski definition) is 1. The summed E-state index contributed by atoms with van der Waals surface area (Å²) in [6.07, 6.45) is -2.97. The largest absolute Gasteiger partial charge is 0.497 e. The molecule has 12 nitrogen and oxygen atoms in total. The van der Waals surface area contributed by atoms with Gasteiger partial charge in [-0.05, 0) is 90.2 Å². The van der Waals surface area contributed by atoms with Crippen LogP contribution in [0, 0.1) is 12.7 Å². The van der Waals surface area contributed by atoms with Gasteiger partial charge in [-0.25, -0.2) is 24.3 Å². The van der Waals surface area contributed by atoms with Gasteiger partial charge in [0.2, 0.25) is 5.28 Å². The predicted molar refractivity (Wildman–Crippen MR) is 242 cm³/mol. The molecule has 0 saturated carbocycles. The maximum absolute atomic E-state index is 17.5. The molecule has 7 aromatic rings. The molecular formula is C47H42Cl2F4N8O4. The van der Waals surface area contributed by atoms with Crippen molar-refractivity contribution in [3.8, 4) is 34.3 Å². The summed E-state index contributed by atoms with van der Waals surface area (Å²) in [6, 6.07) is 22.7. The number of ether oxygens (including phenoxy) is 4. The van der Waals surface area contributed by atoms with Crippen molar-refractivity contribution in [3.63, 3.8) is 0 Å². The third-order valence-electron chi connectivity index (χ3n) is 11.2. The third-order valence-corrected chi connectivity index (χ3v) is 11.7. The molecule has 18 heteroatoms. The Morgan fingerprint density at radius 1 is 0.831 bits per heavy atom. The minimum absolute atomic E-state index is 0.00649. The number of aromatic nitrogens is 5. The molecule has 0 unspecified atom stereocenters. The number of aryl methyl sites for hydroxylation is 1. The van der Waals surface area contributed by atoms with E-state index in [0.717, 1.165) is 16.7 Å². The molecule has 2 N–H and O–H groups in total. The van der Waals surface area contributed by atoms with E-state index in [-0.39, 0.29) is 65.7 Å². The summed E-state index contributed by atoms with van der Waals surface area (Å²) in [6.45, 7) is 3.58. The zero-order valence-electron chi connectivity index (χ0n) is 35.8. The van der Waals surface area contributed by atoms with E-state index in [0.29, 0.717) is 35.1 Å². The first-order valence-corrected chi connectivity index (χ1v) is 21.0. The van der Waals surface area contributed by atoms with Crippen molar-refractivity contribution in [2.45, 2.75) is 45.6 Å². The van der Waals surface area contributed by atoms with Crippen LogP contribution in [0.1, 0.15) is 52.2 Å². The van der Waals surface area contributed by atoms with Crippen LogP contribution in [0.4, 0.5) is 35.0 Å². The maximum atomic E-state index is 17.5. The average molecular weight is 930 g/mol. The molecule has 0 radical (unpaired) electrons. The van der Waals surface area contributed by atoms with Crippen molar-refractivity contribution in [1.82, 2.24) is 24.9 Å². The van der Waals surface area contributed by atoms with Crippen LogP contribution in [-0.2, 0) is 25.7 Å². The highest BCUT2D eigenvalue weighted by atomic mass is 35.5. The first kappa shape index (κ1) is 44.9. The summed E-state index contributed by atoms with van der Waals surface area (Å²) < 4.78 is 85.6. The number of halogens is 6. The van der Waals surface area contributed by atoms with Gasteiger partial charge in [0.05, 0.1) is 73.0 Å². The molecule has 0 amide bonds. The second-order valence-corrected chi connectivity index (χ2v) is 16.0. The van der Waals surface area contributed by atoms with E-state index in [2.05, 4.69) is 19.9 Å². The molecule has 4 aromatic carbocycles. The Morgan fingerprint density at radius 2 is 1.40 bits per heavy atom. The summed E-state index contributed by atoms with van der Waals surface area (Å²) in [5, 5.41) is -0.840. The fraction of sp³-hybridized carbons (Fsp3) is 0.255. The Morgan fingerprint density at radius 3 is 1.95 bits per heavy atom. The van der Waals surface area contributed by atoms with Crippen LogP contribution in [0.3, 0.4) is 0 Å². The lowest BCUT2D eigenvalue weighted by atomic mass is 9.98. The number of methoxy groups -OCH3 is 3. The molecule has 1 aliphatic rings. The van der Waals surface area contributed by atoms with Gasteiger partial charge in [0, 0.05) is 19.5 Å². The average Bonchev–Trinajstić information content (AvgIpc) is 3.48. The minimum Gasteiger partial charge on any atom is -0.497 e. The van der Waals surface area contributed by atoms with Gasteiger partial charge in [-0.15, -0.1) is 0 Å². The smallest absolute Gasteiger partial charge is 0.418 e. The zero-order chi connectivity index (χ0) is 46.2. The van der Waals surface area contributed by atoms with Gasteiger partial charge in [0.25, 0.3) is 0 Å². The highest BCUT2D eigenvalue weighted by molar-refractivity contribution is 6.37. The predicted octanol–water partition coefficient (Wildman–Crippen LogP) is 10.6. The number of nitrogen functional groups attached to an aromatic ring is 1. The Kier molecular flexibility index (Phi) is 12.8. The molecule has 0 fully saturated rings. The van der Waals surface area contributed by atoms with Crippen molar-refractivity contribution < 1.29 is 36.5 Å². The molecule has 0 spiro atoms. The summed E-state index contributed by atoms with van der Waals surface area (Å²) in [5.41, 5.74) is 6.76. The Bertz CT molecular complexity index is 2820.